The summed E-state index contributed by atoms with van der Waals surface area (Å²) in [6, 6.07) is 0. The third-order valence-electron chi connectivity index (χ3n) is 4.39. The molecule has 1 unspecified atom stereocenters. The molecule has 1 aliphatic heterocycles. The average Bonchev–Trinajstić information content (AvgIpc) is 2.87. The van der Waals surface area contributed by atoms with Crippen LogP contribution in [-0.2, 0) is 9.59 Å². The van der Waals surface area contributed by atoms with Crippen molar-refractivity contribution in [3.8, 4) is 0 Å². The predicted octanol–water partition coefficient (Wildman–Crippen LogP) is 0.799. The molecule has 0 radical (unpaired) electrons. The minimum absolute atomic E-state index is 0.141. The monoisotopic (exact) mass is 281 g/mol. The summed E-state index contributed by atoms with van der Waals surface area (Å²) in [6.07, 6.45) is 6.88. The Morgan fingerprint density at radius 1 is 1.10 bits per heavy atom. The number of nitrogens with one attached hydrogen (secondary N) is 3. The molecule has 1 atom stereocenters. The van der Waals surface area contributed by atoms with E-state index in [2.05, 4.69) is 16.0 Å². The summed E-state index contributed by atoms with van der Waals surface area (Å²) < 4.78 is 0. The summed E-state index contributed by atoms with van der Waals surface area (Å²) >= 11 is 0. The van der Waals surface area contributed by atoms with Gasteiger partial charge in [0.05, 0.1) is 0 Å². The first-order valence-electron chi connectivity index (χ1n) is 8.01. The molecule has 0 aromatic carbocycles. The summed E-state index contributed by atoms with van der Waals surface area (Å²) in [5, 5.41) is 9.18. The maximum absolute atomic E-state index is 11.6. The molecule has 5 heteroatoms. The highest BCUT2D eigenvalue weighted by molar-refractivity contribution is 5.79. The van der Waals surface area contributed by atoms with Crippen LogP contribution in [0.25, 0.3) is 0 Å². The lowest BCUT2D eigenvalue weighted by Crippen LogP contribution is -2.36. The molecule has 1 aliphatic carbocycles. The SMILES string of the molecule is O=C(CCC1CCNC1)NCCCNC(=O)C1CCC1. The van der Waals surface area contributed by atoms with Crippen LogP contribution in [0.4, 0.5) is 0 Å². The molecule has 3 N–H and O–H groups in total. The van der Waals surface area contributed by atoms with Gasteiger partial charge in [-0.15, -0.1) is 0 Å². The number of hydrogen-bond donors (Lipinski definition) is 3. The van der Waals surface area contributed by atoms with Crippen LogP contribution >= 0.6 is 0 Å². The van der Waals surface area contributed by atoms with E-state index in [0.717, 1.165) is 38.8 Å². The smallest absolute Gasteiger partial charge is 0.223 e. The summed E-state index contributed by atoms with van der Waals surface area (Å²) in [6.45, 7) is 3.47. The molecule has 1 saturated carbocycles. The molecule has 0 aromatic heterocycles. The van der Waals surface area contributed by atoms with E-state index in [9.17, 15) is 9.59 Å². The Morgan fingerprint density at radius 3 is 2.55 bits per heavy atom. The fourth-order valence-corrected chi connectivity index (χ4v) is 2.73. The van der Waals surface area contributed by atoms with Crippen molar-refractivity contribution in [2.45, 2.75) is 44.9 Å². The van der Waals surface area contributed by atoms with Gasteiger partial charge in [-0.2, -0.15) is 0 Å². The molecule has 20 heavy (non-hydrogen) atoms. The van der Waals surface area contributed by atoms with E-state index in [1.807, 2.05) is 0 Å². The number of rotatable bonds is 8. The number of amides is 2. The highest BCUT2D eigenvalue weighted by Gasteiger charge is 2.24. The molecular weight excluding hydrogens is 254 g/mol. The Balaban J connectivity index is 1.41. The largest absolute Gasteiger partial charge is 0.356 e. The van der Waals surface area contributed by atoms with Crippen LogP contribution in [0.3, 0.4) is 0 Å². The molecular formula is C15H27N3O2. The molecule has 0 aromatic rings. The van der Waals surface area contributed by atoms with Gasteiger partial charge in [-0.1, -0.05) is 6.42 Å². The minimum Gasteiger partial charge on any atom is -0.356 e. The van der Waals surface area contributed by atoms with Gasteiger partial charge in [0.15, 0.2) is 0 Å². The van der Waals surface area contributed by atoms with Crippen LogP contribution in [-0.4, -0.2) is 38.0 Å². The van der Waals surface area contributed by atoms with Crippen LogP contribution in [0.5, 0.6) is 0 Å². The Morgan fingerprint density at radius 2 is 1.90 bits per heavy atom. The first kappa shape index (κ1) is 15.3. The molecule has 1 heterocycles. The van der Waals surface area contributed by atoms with Crippen molar-refractivity contribution >= 4 is 11.8 Å². The van der Waals surface area contributed by atoms with E-state index in [4.69, 9.17) is 0 Å². The fourth-order valence-electron chi connectivity index (χ4n) is 2.73. The predicted molar refractivity (Wildman–Crippen MR) is 78.2 cm³/mol. The molecule has 5 nitrogen and oxygen atoms in total. The van der Waals surface area contributed by atoms with Gasteiger partial charge in [0.1, 0.15) is 0 Å². The zero-order valence-electron chi connectivity index (χ0n) is 12.2. The first-order valence-corrected chi connectivity index (χ1v) is 8.01. The third-order valence-corrected chi connectivity index (χ3v) is 4.39. The van der Waals surface area contributed by atoms with Crippen molar-refractivity contribution in [3.05, 3.63) is 0 Å². The number of hydrogen-bond acceptors (Lipinski definition) is 3. The normalized spacial score (nSPS) is 22.3. The quantitative estimate of drug-likeness (QED) is 0.576. The van der Waals surface area contributed by atoms with Gasteiger partial charge in [-0.25, -0.2) is 0 Å². The second-order valence-corrected chi connectivity index (χ2v) is 6.02. The van der Waals surface area contributed by atoms with Crippen LogP contribution in [0.1, 0.15) is 44.9 Å². The Labute approximate surface area is 121 Å². The maximum Gasteiger partial charge on any atom is 0.223 e. The van der Waals surface area contributed by atoms with Gasteiger partial charge in [-0.3, -0.25) is 9.59 Å². The number of carbonyl (C=O) groups is 2. The van der Waals surface area contributed by atoms with Crippen molar-refractivity contribution < 1.29 is 9.59 Å². The van der Waals surface area contributed by atoms with Gasteiger partial charge in [-0.05, 0) is 51.1 Å². The van der Waals surface area contributed by atoms with Crippen molar-refractivity contribution in [2.75, 3.05) is 26.2 Å². The third kappa shape index (κ3) is 5.12. The molecule has 2 aliphatic rings. The van der Waals surface area contributed by atoms with Crippen LogP contribution in [0, 0.1) is 11.8 Å². The van der Waals surface area contributed by atoms with E-state index in [-0.39, 0.29) is 17.7 Å². The lowest BCUT2D eigenvalue weighted by atomic mass is 9.85. The van der Waals surface area contributed by atoms with Crippen LogP contribution < -0.4 is 16.0 Å². The molecule has 2 fully saturated rings. The zero-order valence-corrected chi connectivity index (χ0v) is 12.2. The van der Waals surface area contributed by atoms with Crippen LogP contribution in [0.15, 0.2) is 0 Å². The summed E-state index contributed by atoms with van der Waals surface area (Å²) in [5.41, 5.74) is 0. The van der Waals surface area contributed by atoms with E-state index in [1.165, 1.54) is 12.8 Å². The van der Waals surface area contributed by atoms with Crippen molar-refractivity contribution in [2.24, 2.45) is 11.8 Å². The van der Waals surface area contributed by atoms with Gasteiger partial charge < -0.3 is 16.0 Å². The molecule has 2 amide bonds. The van der Waals surface area contributed by atoms with Gasteiger partial charge in [0.2, 0.25) is 11.8 Å². The molecule has 2 rings (SSSR count). The fraction of sp³-hybridized carbons (Fsp3) is 0.867. The molecule has 0 bridgehead atoms. The van der Waals surface area contributed by atoms with Crippen molar-refractivity contribution in [3.63, 3.8) is 0 Å². The van der Waals surface area contributed by atoms with Crippen molar-refractivity contribution in [1.29, 1.82) is 0 Å². The summed E-state index contributed by atoms with van der Waals surface area (Å²) in [5.74, 6) is 1.26. The lowest BCUT2D eigenvalue weighted by molar-refractivity contribution is -0.127. The van der Waals surface area contributed by atoms with E-state index in [1.54, 1.807) is 0 Å². The topological polar surface area (TPSA) is 70.2 Å². The lowest BCUT2D eigenvalue weighted by Gasteiger charge is -2.24. The molecule has 1 saturated heterocycles. The molecule has 114 valence electrons. The summed E-state index contributed by atoms with van der Waals surface area (Å²) in [4.78, 5) is 23.2. The first-order chi connectivity index (χ1) is 9.75. The van der Waals surface area contributed by atoms with Crippen molar-refractivity contribution in [1.82, 2.24) is 16.0 Å². The minimum atomic E-state index is 0.141. The van der Waals surface area contributed by atoms with Crippen LogP contribution in [0.2, 0.25) is 0 Å². The Kier molecular flexibility index (Phi) is 6.30. The van der Waals surface area contributed by atoms with E-state index < -0.39 is 0 Å². The average molecular weight is 281 g/mol. The van der Waals surface area contributed by atoms with Gasteiger partial charge in [0.25, 0.3) is 0 Å². The molecule has 0 spiro atoms. The summed E-state index contributed by atoms with van der Waals surface area (Å²) in [7, 11) is 0. The Bertz CT molecular complexity index is 323. The van der Waals surface area contributed by atoms with Gasteiger partial charge >= 0.3 is 0 Å². The standard InChI is InChI=1S/C15H27N3O2/c19-14(6-5-12-7-10-16-11-12)17-8-2-9-18-15(20)13-3-1-4-13/h12-13,16H,1-11H2,(H,17,19)(H,18,20). The number of carbonyl (C=O) groups excluding carboxylic acids is 2. The highest BCUT2D eigenvalue weighted by atomic mass is 16.2. The van der Waals surface area contributed by atoms with Gasteiger partial charge in [0, 0.05) is 25.4 Å². The second kappa shape index (κ2) is 8.25. The second-order valence-electron chi connectivity index (χ2n) is 6.02. The maximum atomic E-state index is 11.6. The van der Waals surface area contributed by atoms with E-state index in [0.29, 0.717) is 25.4 Å². The zero-order chi connectivity index (χ0) is 14.2. The Hall–Kier alpha value is -1.10. The van der Waals surface area contributed by atoms with E-state index >= 15 is 0 Å². The highest BCUT2D eigenvalue weighted by Crippen LogP contribution is 2.25.